The molecule has 10 nitrogen and oxygen atoms in total. The average Bonchev–Trinajstić information content (AvgIpc) is 3.27. The van der Waals surface area contributed by atoms with Crippen molar-refractivity contribution in [3.63, 3.8) is 0 Å². The van der Waals surface area contributed by atoms with Crippen molar-refractivity contribution >= 4 is 23.2 Å². The number of carbonyl (C=O) groups is 2. The second-order valence-electron chi connectivity index (χ2n) is 7.94. The highest BCUT2D eigenvalue weighted by Crippen LogP contribution is 2.14. The second kappa shape index (κ2) is 13.0. The highest BCUT2D eigenvalue weighted by Gasteiger charge is 2.12. The predicted octanol–water partition coefficient (Wildman–Crippen LogP) is 2.96. The van der Waals surface area contributed by atoms with Crippen LogP contribution in [0.25, 0.3) is 0 Å². The number of amides is 2. The van der Waals surface area contributed by atoms with Crippen molar-refractivity contribution in [3.05, 3.63) is 60.6 Å². The van der Waals surface area contributed by atoms with Crippen LogP contribution in [0.3, 0.4) is 0 Å². The molecule has 1 aromatic carbocycles. The molecule has 3 aromatic rings. The van der Waals surface area contributed by atoms with Gasteiger partial charge in [0.05, 0.1) is 25.0 Å². The van der Waals surface area contributed by atoms with Gasteiger partial charge in [-0.3, -0.25) is 14.3 Å². The quantitative estimate of drug-likeness (QED) is 0.387. The van der Waals surface area contributed by atoms with Gasteiger partial charge in [-0.2, -0.15) is 5.10 Å². The smallest absolute Gasteiger partial charge is 0.244 e. The predicted molar refractivity (Wildman–Crippen MR) is 134 cm³/mol. The Labute approximate surface area is 205 Å². The van der Waals surface area contributed by atoms with E-state index >= 15 is 0 Å². The van der Waals surface area contributed by atoms with Gasteiger partial charge in [0.1, 0.15) is 18.9 Å². The van der Waals surface area contributed by atoms with Gasteiger partial charge in [0.25, 0.3) is 0 Å². The molecule has 0 aliphatic heterocycles. The summed E-state index contributed by atoms with van der Waals surface area (Å²) in [5.41, 5.74) is 2.53. The number of nitrogens with zero attached hydrogens (tertiary/aromatic N) is 4. The number of hydrogen-bond acceptors (Lipinski definition) is 7. The summed E-state index contributed by atoms with van der Waals surface area (Å²) < 4.78 is 12.5. The molecule has 186 valence electrons. The van der Waals surface area contributed by atoms with E-state index in [2.05, 4.69) is 20.7 Å². The number of nitrogens with one attached hydrogen (secondary N) is 2. The SMILES string of the molecule is CCOc1cc(NCCC(=O)Nc2cnn(CC(=O)N(C)CCOc3ccc(C)cc3)c2)ccn1. The Balaban J connectivity index is 1.36. The van der Waals surface area contributed by atoms with Crippen molar-refractivity contribution in [2.24, 2.45) is 0 Å². The van der Waals surface area contributed by atoms with Crippen LogP contribution in [0.2, 0.25) is 0 Å². The van der Waals surface area contributed by atoms with Crippen molar-refractivity contribution in [1.82, 2.24) is 19.7 Å². The molecule has 2 amide bonds. The lowest BCUT2D eigenvalue weighted by atomic mass is 10.2. The number of likely N-dealkylation sites (N-methyl/N-ethyl adjacent to an activating group) is 1. The van der Waals surface area contributed by atoms with E-state index in [-0.39, 0.29) is 24.8 Å². The number of hydrogen-bond donors (Lipinski definition) is 2. The van der Waals surface area contributed by atoms with Crippen LogP contribution in [0.5, 0.6) is 11.6 Å². The van der Waals surface area contributed by atoms with Crippen LogP contribution < -0.4 is 20.1 Å². The maximum atomic E-state index is 12.5. The Morgan fingerprint density at radius 3 is 2.69 bits per heavy atom. The van der Waals surface area contributed by atoms with E-state index in [9.17, 15) is 9.59 Å². The van der Waals surface area contributed by atoms with E-state index in [1.807, 2.05) is 44.2 Å². The molecule has 0 aliphatic rings. The monoisotopic (exact) mass is 480 g/mol. The Bertz CT molecular complexity index is 1100. The topological polar surface area (TPSA) is 111 Å². The van der Waals surface area contributed by atoms with Crippen molar-refractivity contribution in [2.45, 2.75) is 26.8 Å². The van der Waals surface area contributed by atoms with Crippen LogP contribution in [-0.4, -0.2) is 64.8 Å². The van der Waals surface area contributed by atoms with Gasteiger partial charge in [0.15, 0.2) is 0 Å². The lowest BCUT2D eigenvalue weighted by Gasteiger charge is -2.17. The zero-order valence-corrected chi connectivity index (χ0v) is 20.4. The minimum atomic E-state index is -0.159. The van der Waals surface area contributed by atoms with Gasteiger partial charge in [-0.05, 0) is 32.0 Å². The number of anilines is 2. The number of rotatable bonds is 13. The Morgan fingerprint density at radius 1 is 1.11 bits per heavy atom. The molecule has 0 saturated heterocycles. The lowest BCUT2D eigenvalue weighted by molar-refractivity contribution is -0.131. The van der Waals surface area contributed by atoms with Gasteiger partial charge in [0, 0.05) is 44.2 Å². The fourth-order valence-corrected chi connectivity index (χ4v) is 3.12. The third kappa shape index (κ3) is 8.65. The fourth-order valence-electron chi connectivity index (χ4n) is 3.12. The molecule has 2 heterocycles. The summed E-state index contributed by atoms with van der Waals surface area (Å²) in [6, 6.07) is 11.4. The van der Waals surface area contributed by atoms with Crippen LogP contribution in [0, 0.1) is 6.92 Å². The summed E-state index contributed by atoms with van der Waals surface area (Å²) in [5.74, 6) is 1.04. The molecule has 35 heavy (non-hydrogen) atoms. The molecular weight excluding hydrogens is 448 g/mol. The van der Waals surface area contributed by atoms with Gasteiger partial charge in [0.2, 0.25) is 17.7 Å². The van der Waals surface area contributed by atoms with Crippen molar-refractivity contribution < 1.29 is 19.1 Å². The maximum Gasteiger partial charge on any atom is 0.244 e. The number of aryl methyl sites for hydroxylation is 1. The standard InChI is InChI=1S/C25H32N6O4/c1-4-34-24-15-20(9-11-27-24)26-12-10-23(32)29-21-16-28-31(17-21)18-25(33)30(3)13-14-35-22-7-5-19(2)6-8-22/h5-9,11,15-17H,4,10,12-14,18H2,1-3H3,(H,26,27)(H,29,32). The first kappa shape index (κ1) is 25.5. The molecule has 2 aromatic heterocycles. The molecule has 0 unspecified atom stereocenters. The van der Waals surface area contributed by atoms with Gasteiger partial charge < -0.3 is 25.0 Å². The molecule has 0 spiro atoms. The number of ether oxygens (including phenoxy) is 2. The largest absolute Gasteiger partial charge is 0.492 e. The van der Waals surface area contributed by atoms with Gasteiger partial charge in [-0.15, -0.1) is 0 Å². The summed E-state index contributed by atoms with van der Waals surface area (Å²) in [6.07, 6.45) is 5.07. The normalized spacial score (nSPS) is 10.5. The van der Waals surface area contributed by atoms with E-state index in [0.717, 1.165) is 17.0 Å². The minimum Gasteiger partial charge on any atom is -0.492 e. The molecule has 0 radical (unpaired) electrons. The first-order valence-corrected chi connectivity index (χ1v) is 11.5. The van der Waals surface area contributed by atoms with Crippen molar-refractivity contribution in [2.75, 3.05) is 44.0 Å². The summed E-state index contributed by atoms with van der Waals surface area (Å²) in [5, 5.41) is 10.1. The summed E-state index contributed by atoms with van der Waals surface area (Å²) in [4.78, 5) is 30.4. The van der Waals surface area contributed by atoms with Gasteiger partial charge in [-0.25, -0.2) is 4.98 Å². The third-order valence-electron chi connectivity index (χ3n) is 5.06. The molecular formula is C25H32N6O4. The van der Waals surface area contributed by atoms with Crippen molar-refractivity contribution in [1.29, 1.82) is 0 Å². The molecule has 10 heteroatoms. The first-order valence-electron chi connectivity index (χ1n) is 11.5. The average molecular weight is 481 g/mol. The van der Waals surface area contributed by atoms with Crippen LogP contribution in [0.4, 0.5) is 11.4 Å². The van der Waals surface area contributed by atoms with Crippen LogP contribution in [-0.2, 0) is 16.1 Å². The zero-order chi connectivity index (χ0) is 25.0. The summed E-state index contributed by atoms with van der Waals surface area (Å²) in [6.45, 7) is 5.82. The van der Waals surface area contributed by atoms with E-state index in [4.69, 9.17) is 9.47 Å². The van der Waals surface area contributed by atoms with Gasteiger partial charge in [-0.1, -0.05) is 17.7 Å². The first-order chi connectivity index (χ1) is 16.9. The van der Waals surface area contributed by atoms with E-state index in [1.54, 1.807) is 30.4 Å². The van der Waals surface area contributed by atoms with E-state index in [0.29, 0.717) is 37.9 Å². The highest BCUT2D eigenvalue weighted by atomic mass is 16.5. The summed E-state index contributed by atoms with van der Waals surface area (Å²) in [7, 11) is 1.72. The fraction of sp³-hybridized carbons (Fsp3) is 0.360. The van der Waals surface area contributed by atoms with E-state index < -0.39 is 0 Å². The molecule has 3 rings (SSSR count). The number of benzene rings is 1. The van der Waals surface area contributed by atoms with E-state index in [1.165, 1.54) is 10.9 Å². The zero-order valence-electron chi connectivity index (χ0n) is 20.4. The second-order valence-corrected chi connectivity index (χ2v) is 7.94. The minimum absolute atomic E-state index is 0.0721. The van der Waals surface area contributed by atoms with Crippen LogP contribution >= 0.6 is 0 Å². The maximum absolute atomic E-state index is 12.5. The number of aromatic nitrogens is 3. The third-order valence-corrected chi connectivity index (χ3v) is 5.06. The molecule has 0 bridgehead atoms. The molecule has 0 fully saturated rings. The molecule has 0 saturated carbocycles. The lowest BCUT2D eigenvalue weighted by Crippen LogP contribution is -2.33. The van der Waals surface area contributed by atoms with Crippen LogP contribution in [0.15, 0.2) is 55.0 Å². The molecule has 2 N–H and O–H groups in total. The summed E-state index contributed by atoms with van der Waals surface area (Å²) >= 11 is 0. The Morgan fingerprint density at radius 2 is 1.91 bits per heavy atom. The molecule has 0 aliphatic carbocycles. The number of carbonyl (C=O) groups excluding carboxylic acids is 2. The van der Waals surface area contributed by atoms with Crippen molar-refractivity contribution in [3.8, 4) is 11.6 Å². The van der Waals surface area contributed by atoms with Crippen LogP contribution in [0.1, 0.15) is 18.9 Å². The Kier molecular flexibility index (Phi) is 9.47. The van der Waals surface area contributed by atoms with Gasteiger partial charge >= 0.3 is 0 Å². The number of pyridine rings is 1. The highest BCUT2D eigenvalue weighted by molar-refractivity contribution is 5.90. The molecule has 0 atom stereocenters. The Hall–Kier alpha value is -4.08.